The van der Waals surface area contributed by atoms with Crippen molar-refractivity contribution in [2.75, 3.05) is 0 Å². The predicted octanol–water partition coefficient (Wildman–Crippen LogP) is 4.45. The standard InChI is InChI=1S/C12H12BrClN2O/c1-12(2,3)11-16-15-10(17-11)7-4-5-8(13)9(14)6-7/h4-6H,1-3H3. The van der Waals surface area contributed by atoms with Gasteiger partial charge < -0.3 is 4.42 Å². The maximum Gasteiger partial charge on any atom is 0.247 e. The molecule has 17 heavy (non-hydrogen) atoms. The van der Waals surface area contributed by atoms with Gasteiger partial charge in [-0.25, -0.2) is 0 Å². The fourth-order valence-electron chi connectivity index (χ4n) is 1.27. The molecule has 0 bridgehead atoms. The van der Waals surface area contributed by atoms with Gasteiger partial charge in [0.2, 0.25) is 11.8 Å². The summed E-state index contributed by atoms with van der Waals surface area (Å²) in [6, 6.07) is 5.54. The Bertz CT molecular complexity index is 546. The highest BCUT2D eigenvalue weighted by molar-refractivity contribution is 9.10. The first-order valence-electron chi connectivity index (χ1n) is 5.17. The van der Waals surface area contributed by atoms with Crippen LogP contribution < -0.4 is 0 Å². The molecule has 0 unspecified atom stereocenters. The summed E-state index contributed by atoms with van der Waals surface area (Å²) in [5.41, 5.74) is 0.672. The molecule has 1 heterocycles. The van der Waals surface area contributed by atoms with Crippen molar-refractivity contribution >= 4 is 27.5 Å². The van der Waals surface area contributed by atoms with E-state index in [9.17, 15) is 0 Å². The first kappa shape index (κ1) is 12.6. The van der Waals surface area contributed by atoms with Crippen molar-refractivity contribution in [3.8, 4) is 11.5 Å². The van der Waals surface area contributed by atoms with Gasteiger partial charge in [-0.3, -0.25) is 0 Å². The van der Waals surface area contributed by atoms with Gasteiger partial charge in [0, 0.05) is 15.5 Å². The fraction of sp³-hybridized carbons (Fsp3) is 0.333. The van der Waals surface area contributed by atoms with Crippen molar-refractivity contribution in [2.24, 2.45) is 0 Å². The van der Waals surface area contributed by atoms with Gasteiger partial charge in [0.15, 0.2) is 0 Å². The van der Waals surface area contributed by atoms with Crippen molar-refractivity contribution in [1.82, 2.24) is 10.2 Å². The second kappa shape index (κ2) is 4.42. The Kier molecular flexibility index (Phi) is 3.27. The molecule has 0 aliphatic heterocycles. The van der Waals surface area contributed by atoms with Crippen LogP contribution >= 0.6 is 27.5 Å². The summed E-state index contributed by atoms with van der Waals surface area (Å²) in [6.07, 6.45) is 0. The van der Waals surface area contributed by atoms with Crippen LogP contribution in [-0.2, 0) is 5.41 Å². The van der Waals surface area contributed by atoms with E-state index < -0.39 is 0 Å². The lowest BCUT2D eigenvalue weighted by atomic mass is 9.97. The highest BCUT2D eigenvalue weighted by Gasteiger charge is 2.22. The largest absolute Gasteiger partial charge is 0.420 e. The molecular formula is C12H12BrClN2O. The normalized spacial score (nSPS) is 11.8. The summed E-state index contributed by atoms with van der Waals surface area (Å²) in [5, 5.41) is 8.70. The van der Waals surface area contributed by atoms with Crippen LogP contribution in [0.2, 0.25) is 5.02 Å². The van der Waals surface area contributed by atoms with Crippen LogP contribution in [0.15, 0.2) is 27.1 Å². The third kappa shape index (κ3) is 2.69. The van der Waals surface area contributed by atoms with E-state index >= 15 is 0 Å². The topological polar surface area (TPSA) is 38.9 Å². The Morgan fingerprint density at radius 1 is 1.24 bits per heavy atom. The minimum atomic E-state index is -0.148. The molecular weight excluding hydrogens is 304 g/mol. The molecule has 1 aromatic carbocycles. The highest BCUT2D eigenvalue weighted by atomic mass is 79.9. The zero-order chi connectivity index (χ0) is 12.6. The lowest BCUT2D eigenvalue weighted by Crippen LogP contribution is -2.11. The molecule has 3 nitrogen and oxygen atoms in total. The number of benzene rings is 1. The summed E-state index contributed by atoms with van der Waals surface area (Å²) in [5.74, 6) is 1.11. The number of halogens is 2. The smallest absolute Gasteiger partial charge is 0.247 e. The van der Waals surface area contributed by atoms with Crippen molar-refractivity contribution in [1.29, 1.82) is 0 Å². The summed E-state index contributed by atoms with van der Waals surface area (Å²) in [6.45, 7) is 6.08. The van der Waals surface area contributed by atoms with Crippen molar-refractivity contribution in [2.45, 2.75) is 26.2 Å². The maximum atomic E-state index is 6.02. The Hall–Kier alpha value is -0.870. The average Bonchev–Trinajstić information content (AvgIpc) is 2.70. The van der Waals surface area contributed by atoms with Gasteiger partial charge in [0.1, 0.15) is 0 Å². The first-order valence-corrected chi connectivity index (χ1v) is 6.34. The number of hydrogen-bond donors (Lipinski definition) is 0. The minimum Gasteiger partial charge on any atom is -0.420 e. The lowest BCUT2D eigenvalue weighted by Gasteiger charge is -2.10. The lowest BCUT2D eigenvalue weighted by molar-refractivity contribution is 0.399. The van der Waals surface area contributed by atoms with Gasteiger partial charge in [-0.05, 0) is 34.1 Å². The van der Waals surface area contributed by atoms with Crippen molar-refractivity contribution in [3.63, 3.8) is 0 Å². The van der Waals surface area contributed by atoms with E-state index in [2.05, 4.69) is 26.1 Å². The van der Waals surface area contributed by atoms with Crippen LogP contribution in [-0.4, -0.2) is 10.2 Å². The van der Waals surface area contributed by atoms with E-state index in [4.69, 9.17) is 16.0 Å². The molecule has 0 aliphatic carbocycles. The Labute approximate surface area is 113 Å². The molecule has 0 N–H and O–H groups in total. The van der Waals surface area contributed by atoms with Crippen LogP contribution in [0.4, 0.5) is 0 Å². The van der Waals surface area contributed by atoms with Gasteiger partial charge in [-0.15, -0.1) is 10.2 Å². The number of aromatic nitrogens is 2. The van der Waals surface area contributed by atoms with E-state index in [1.807, 2.05) is 32.9 Å². The minimum absolute atomic E-state index is 0.148. The van der Waals surface area contributed by atoms with Crippen LogP contribution in [0.25, 0.3) is 11.5 Å². The Balaban J connectivity index is 2.40. The molecule has 0 radical (unpaired) electrons. The zero-order valence-corrected chi connectivity index (χ0v) is 12.1. The molecule has 2 aromatic rings. The number of hydrogen-bond acceptors (Lipinski definition) is 3. The molecule has 0 spiro atoms. The number of rotatable bonds is 1. The van der Waals surface area contributed by atoms with Crippen LogP contribution in [0.5, 0.6) is 0 Å². The van der Waals surface area contributed by atoms with E-state index in [1.165, 1.54) is 0 Å². The molecule has 0 saturated carbocycles. The summed E-state index contributed by atoms with van der Waals surface area (Å²) in [7, 11) is 0. The highest BCUT2D eigenvalue weighted by Crippen LogP contribution is 2.30. The van der Waals surface area contributed by atoms with Crippen LogP contribution in [0.1, 0.15) is 26.7 Å². The van der Waals surface area contributed by atoms with E-state index in [0.29, 0.717) is 16.8 Å². The van der Waals surface area contributed by atoms with E-state index in [1.54, 1.807) is 6.07 Å². The summed E-state index contributed by atoms with van der Waals surface area (Å²) >= 11 is 9.36. The van der Waals surface area contributed by atoms with Gasteiger partial charge in [0.25, 0.3) is 0 Å². The van der Waals surface area contributed by atoms with Crippen LogP contribution in [0.3, 0.4) is 0 Å². The molecule has 2 rings (SSSR count). The quantitative estimate of drug-likeness (QED) is 0.780. The summed E-state index contributed by atoms with van der Waals surface area (Å²) < 4.78 is 6.48. The molecule has 0 fully saturated rings. The fourth-order valence-corrected chi connectivity index (χ4v) is 1.70. The van der Waals surface area contributed by atoms with Gasteiger partial charge in [-0.1, -0.05) is 32.4 Å². The summed E-state index contributed by atoms with van der Waals surface area (Å²) in [4.78, 5) is 0. The second-order valence-corrected chi connectivity index (χ2v) is 6.05. The van der Waals surface area contributed by atoms with Crippen LogP contribution in [0, 0.1) is 0 Å². The molecule has 0 atom stereocenters. The second-order valence-electron chi connectivity index (χ2n) is 4.79. The van der Waals surface area contributed by atoms with Gasteiger partial charge in [-0.2, -0.15) is 0 Å². The van der Waals surface area contributed by atoms with Crippen molar-refractivity contribution < 1.29 is 4.42 Å². The third-order valence-electron chi connectivity index (χ3n) is 2.23. The molecule has 0 saturated heterocycles. The molecule has 90 valence electrons. The van der Waals surface area contributed by atoms with E-state index in [0.717, 1.165) is 10.0 Å². The van der Waals surface area contributed by atoms with E-state index in [-0.39, 0.29) is 5.41 Å². The molecule has 5 heteroatoms. The third-order valence-corrected chi connectivity index (χ3v) is 3.47. The Morgan fingerprint density at radius 2 is 1.94 bits per heavy atom. The first-order chi connectivity index (χ1) is 7.88. The Morgan fingerprint density at radius 3 is 2.47 bits per heavy atom. The monoisotopic (exact) mass is 314 g/mol. The molecule has 0 amide bonds. The average molecular weight is 316 g/mol. The SMILES string of the molecule is CC(C)(C)c1nnc(-c2ccc(Br)c(Cl)c2)o1. The zero-order valence-electron chi connectivity index (χ0n) is 9.79. The predicted molar refractivity (Wildman–Crippen MR) is 71.1 cm³/mol. The molecule has 1 aromatic heterocycles. The van der Waals surface area contributed by atoms with Gasteiger partial charge >= 0.3 is 0 Å². The maximum absolute atomic E-state index is 6.02. The van der Waals surface area contributed by atoms with Crippen molar-refractivity contribution in [3.05, 3.63) is 33.6 Å². The van der Waals surface area contributed by atoms with Gasteiger partial charge in [0.05, 0.1) is 5.02 Å². The number of nitrogens with zero attached hydrogens (tertiary/aromatic N) is 2. The molecule has 0 aliphatic rings.